The van der Waals surface area contributed by atoms with Crippen LogP contribution in [-0.4, -0.2) is 68.4 Å². The number of hydrogen-bond donors (Lipinski definition) is 2. The topological polar surface area (TPSA) is 71.0 Å². The Hall–Kier alpha value is -1.86. The van der Waals surface area contributed by atoms with E-state index in [0.717, 1.165) is 67.9 Å². The minimum Gasteiger partial charge on any atom is -0.496 e. The van der Waals surface area contributed by atoms with Crippen molar-refractivity contribution in [3.8, 4) is 5.75 Å². The van der Waals surface area contributed by atoms with Crippen LogP contribution in [0.3, 0.4) is 0 Å². The molecule has 1 unspecified atom stereocenters. The molecular formula is C19H33N5O2. The number of rotatable bonds is 7. The van der Waals surface area contributed by atoms with E-state index in [4.69, 9.17) is 14.5 Å². The number of hydrogen-bond acceptors (Lipinski definition) is 5. The first-order valence-electron chi connectivity index (χ1n) is 9.39. The van der Waals surface area contributed by atoms with Crippen molar-refractivity contribution in [1.82, 2.24) is 20.5 Å². The lowest BCUT2D eigenvalue weighted by Gasteiger charge is -2.32. The molecule has 1 aromatic heterocycles. The van der Waals surface area contributed by atoms with E-state index in [0.29, 0.717) is 12.6 Å². The van der Waals surface area contributed by atoms with Gasteiger partial charge in [0.2, 0.25) is 0 Å². The van der Waals surface area contributed by atoms with Crippen LogP contribution in [-0.2, 0) is 11.3 Å². The van der Waals surface area contributed by atoms with Crippen molar-refractivity contribution >= 4 is 5.96 Å². The Morgan fingerprint density at radius 3 is 2.73 bits per heavy atom. The Bertz CT molecular complexity index is 600. The SMILES string of the molecule is CCNC(=NCc1ncc(C)c(OC)c1C)NCC(C)N1CCOCC1. The molecule has 2 N–H and O–H groups in total. The summed E-state index contributed by atoms with van der Waals surface area (Å²) in [5.41, 5.74) is 3.03. The second kappa shape index (κ2) is 10.3. The summed E-state index contributed by atoms with van der Waals surface area (Å²) in [6.45, 7) is 14.1. The van der Waals surface area contributed by atoms with Crippen LogP contribution in [0.2, 0.25) is 0 Å². The summed E-state index contributed by atoms with van der Waals surface area (Å²) in [4.78, 5) is 11.7. The Kier molecular flexibility index (Phi) is 8.12. The second-order valence-corrected chi connectivity index (χ2v) is 6.62. The number of nitrogens with one attached hydrogen (secondary N) is 2. The lowest BCUT2D eigenvalue weighted by molar-refractivity contribution is 0.0211. The number of nitrogens with zero attached hydrogens (tertiary/aromatic N) is 3. The lowest BCUT2D eigenvalue weighted by Crippen LogP contribution is -2.49. The van der Waals surface area contributed by atoms with Gasteiger partial charge in [0.1, 0.15) is 5.75 Å². The third-order valence-electron chi connectivity index (χ3n) is 4.71. The van der Waals surface area contributed by atoms with Crippen LogP contribution in [0, 0.1) is 13.8 Å². The second-order valence-electron chi connectivity index (χ2n) is 6.62. The number of guanidine groups is 1. The molecule has 1 aliphatic rings. The fourth-order valence-corrected chi connectivity index (χ4v) is 3.12. The van der Waals surface area contributed by atoms with Crippen LogP contribution in [0.4, 0.5) is 0 Å². The van der Waals surface area contributed by atoms with Gasteiger partial charge in [0.25, 0.3) is 0 Å². The van der Waals surface area contributed by atoms with Crippen molar-refractivity contribution in [3.05, 3.63) is 23.0 Å². The Morgan fingerprint density at radius 1 is 1.35 bits per heavy atom. The smallest absolute Gasteiger partial charge is 0.191 e. The molecule has 0 spiro atoms. The zero-order valence-electron chi connectivity index (χ0n) is 16.8. The first-order chi connectivity index (χ1) is 12.6. The maximum Gasteiger partial charge on any atom is 0.191 e. The van der Waals surface area contributed by atoms with Crippen LogP contribution >= 0.6 is 0 Å². The van der Waals surface area contributed by atoms with Crippen LogP contribution in [0.5, 0.6) is 5.75 Å². The molecular weight excluding hydrogens is 330 g/mol. The van der Waals surface area contributed by atoms with Crippen molar-refractivity contribution in [1.29, 1.82) is 0 Å². The van der Waals surface area contributed by atoms with E-state index in [9.17, 15) is 0 Å². The van der Waals surface area contributed by atoms with Crippen molar-refractivity contribution in [2.24, 2.45) is 4.99 Å². The van der Waals surface area contributed by atoms with Crippen molar-refractivity contribution in [3.63, 3.8) is 0 Å². The van der Waals surface area contributed by atoms with Crippen molar-refractivity contribution < 1.29 is 9.47 Å². The fraction of sp³-hybridized carbons (Fsp3) is 0.684. The molecule has 1 aromatic rings. The molecule has 1 atom stereocenters. The minimum atomic E-state index is 0.432. The molecule has 26 heavy (non-hydrogen) atoms. The molecule has 0 radical (unpaired) electrons. The van der Waals surface area contributed by atoms with Crippen LogP contribution < -0.4 is 15.4 Å². The van der Waals surface area contributed by atoms with Gasteiger partial charge in [-0.15, -0.1) is 0 Å². The van der Waals surface area contributed by atoms with E-state index in [1.165, 1.54) is 0 Å². The number of aromatic nitrogens is 1. The monoisotopic (exact) mass is 363 g/mol. The van der Waals surface area contributed by atoms with Crippen LogP contribution in [0.25, 0.3) is 0 Å². The lowest BCUT2D eigenvalue weighted by atomic mass is 10.1. The van der Waals surface area contributed by atoms with Gasteiger partial charge in [-0.25, -0.2) is 4.99 Å². The van der Waals surface area contributed by atoms with Gasteiger partial charge >= 0.3 is 0 Å². The van der Waals surface area contributed by atoms with Gasteiger partial charge in [0.15, 0.2) is 5.96 Å². The first kappa shape index (κ1) is 20.5. The summed E-state index contributed by atoms with van der Waals surface area (Å²) in [5, 5.41) is 6.75. The molecule has 146 valence electrons. The number of ether oxygens (including phenoxy) is 2. The fourth-order valence-electron chi connectivity index (χ4n) is 3.12. The van der Waals surface area contributed by atoms with E-state index in [2.05, 4.69) is 34.4 Å². The molecule has 2 rings (SSSR count). The Balaban J connectivity index is 1.98. The summed E-state index contributed by atoms with van der Waals surface area (Å²) in [7, 11) is 1.70. The van der Waals surface area contributed by atoms with Crippen molar-refractivity contribution in [2.75, 3.05) is 46.5 Å². The maximum absolute atomic E-state index is 5.48. The quantitative estimate of drug-likeness (QED) is 0.565. The molecule has 0 aliphatic carbocycles. The number of morpholine rings is 1. The van der Waals surface area contributed by atoms with E-state index in [1.54, 1.807) is 7.11 Å². The number of pyridine rings is 1. The largest absolute Gasteiger partial charge is 0.496 e. The predicted molar refractivity (Wildman–Crippen MR) is 105 cm³/mol. The van der Waals surface area contributed by atoms with Crippen LogP contribution in [0.15, 0.2) is 11.2 Å². The molecule has 0 saturated carbocycles. The standard InChI is InChI=1S/C19H33N5O2/c1-6-20-19(22-12-15(3)24-7-9-26-10-8-24)23-13-17-16(4)18(25-5)14(2)11-21-17/h11,15H,6-10,12-13H2,1-5H3,(H2,20,22,23). The Labute approximate surface area is 157 Å². The molecule has 0 aromatic carbocycles. The molecule has 1 aliphatic heterocycles. The summed E-state index contributed by atoms with van der Waals surface area (Å²) < 4.78 is 10.9. The highest BCUT2D eigenvalue weighted by Gasteiger charge is 2.17. The highest BCUT2D eigenvalue weighted by Crippen LogP contribution is 2.24. The average Bonchev–Trinajstić information content (AvgIpc) is 2.66. The molecule has 0 bridgehead atoms. The van der Waals surface area contributed by atoms with E-state index >= 15 is 0 Å². The molecule has 7 heteroatoms. The molecule has 1 saturated heterocycles. The average molecular weight is 364 g/mol. The highest BCUT2D eigenvalue weighted by atomic mass is 16.5. The zero-order chi connectivity index (χ0) is 18.9. The van der Waals surface area contributed by atoms with Gasteiger partial charge in [-0.3, -0.25) is 9.88 Å². The minimum absolute atomic E-state index is 0.432. The number of aliphatic imine (C=N–C) groups is 1. The molecule has 1 fully saturated rings. The normalized spacial score (nSPS) is 17.0. The van der Waals surface area contributed by atoms with Gasteiger partial charge in [0, 0.05) is 49.5 Å². The van der Waals surface area contributed by atoms with E-state index in [-0.39, 0.29) is 0 Å². The first-order valence-corrected chi connectivity index (χ1v) is 9.39. The van der Waals surface area contributed by atoms with Gasteiger partial charge in [-0.1, -0.05) is 0 Å². The van der Waals surface area contributed by atoms with Crippen molar-refractivity contribution in [2.45, 2.75) is 40.3 Å². The number of aryl methyl sites for hydroxylation is 1. The van der Waals surface area contributed by atoms with E-state index in [1.807, 2.05) is 20.0 Å². The summed E-state index contributed by atoms with van der Waals surface area (Å²) in [6.07, 6.45) is 1.84. The predicted octanol–water partition coefficient (Wildman–Crippen LogP) is 1.48. The highest BCUT2D eigenvalue weighted by molar-refractivity contribution is 5.79. The molecule has 7 nitrogen and oxygen atoms in total. The van der Waals surface area contributed by atoms with Gasteiger partial charge < -0.3 is 20.1 Å². The Morgan fingerprint density at radius 2 is 2.08 bits per heavy atom. The van der Waals surface area contributed by atoms with Crippen LogP contribution in [0.1, 0.15) is 30.7 Å². The molecule has 2 heterocycles. The maximum atomic E-state index is 5.48. The third-order valence-corrected chi connectivity index (χ3v) is 4.71. The van der Waals surface area contributed by atoms with E-state index < -0.39 is 0 Å². The van der Waals surface area contributed by atoms with Gasteiger partial charge in [-0.05, 0) is 27.7 Å². The molecule has 0 amide bonds. The number of methoxy groups -OCH3 is 1. The van der Waals surface area contributed by atoms with Gasteiger partial charge in [-0.2, -0.15) is 0 Å². The third kappa shape index (κ3) is 5.57. The summed E-state index contributed by atoms with van der Waals surface area (Å²) in [5.74, 6) is 1.71. The van der Waals surface area contributed by atoms with Gasteiger partial charge in [0.05, 0.1) is 32.6 Å². The zero-order valence-corrected chi connectivity index (χ0v) is 16.8. The summed E-state index contributed by atoms with van der Waals surface area (Å²) >= 11 is 0. The summed E-state index contributed by atoms with van der Waals surface area (Å²) in [6, 6.07) is 0.432.